The van der Waals surface area contributed by atoms with Gasteiger partial charge in [0, 0.05) is 0 Å². The molecule has 15 heavy (non-hydrogen) atoms. The van der Waals surface area contributed by atoms with Gasteiger partial charge in [-0.2, -0.15) is 0 Å². The molecule has 1 nitrogen and oxygen atoms in total. The summed E-state index contributed by atoms with van der Waals surface area (Å²) >= 11 is 0. The summed E-state index contributed by atoms with van der Waals surface area (Å²) in [5.41, 5.74) is 0. The van der Waals surface area contributed by atoms with Crippen LogP contribution in [0.3, 0.4) is 0 Å². The van der Waals surface area contributed by atoms with Gasteiger partial charge in [-0.25, -0.2) is 0 Å². The van der Waals surface area contributed by atoms with Gasteiger partial charge in [-0.05, 0) is 51.6 Å². The highest BCUT2D eigenvalue weighted by Crippen LogP contribution is 2.08. The molecule has 0 bridgehead atoms. The van der Waals surface area contributed by atoms with Crippen LogP contribution in [0.2, 0.25) is 0 Å². The van der Waals surface area contributed by atoms with E-state index < -0.39 is 0 Å². The minimum Gasteiger partial charge on any atom is -0.317 e. The van der Waals surface area contributed by atoms with E-state index in [0.717, 1.165) is 0 Å². The van der Waals surface area contributed by atoms with Crippen LogP contribution in [-0.4, -0.2) is 13.1 Å². The van der Waals surface area contributed by atoms with E-state index in [1.54, 1.807) is 0 Å². The van der Waals surface area contributed by atoms with Gasteiger partial charge in [0.05, 0.1) is 0 Å². The van der Waals surface area contributed by atoms with Crippen LogP contribution in [-0.2, 0) is 0 Å². The van der Waals surface area contributed by atoms with Crippen molar-refractivity contribution in [3.8, 4) is 0 Å². The second-order valence-corrected chi connectivity index (χ2v) is 4.63. The summed E-state index contributed by atoms with van der Waals surface area (Å²) in [6.45, 7) is 2.45. The van der Waals surface area contributed by atoms with Crippen LogP contribution in [0, 0.1) is 0 Å². The Labute approximate surface area is 95.3 Å². The third kappa shape index (κ3) is 8.68. The van der Waals surface area contributed by atoms with Crippen LogP contribution in [0.25, 0.3) is 0 Å². The molecular weight excluding hydrogens is 182 g/mol. The molecule has 1 heteroatoms. The number of rotatable bonds is 0. The molecule has 0 aromatic carbocycles. The molecule has 0 atom stereocenters. The molecule has 0 spiro atoms. The van der Waals surface area contributed by atoms with Gasteiger partial charge in [-0.15, -0.1) is 0 Å². The van der Waals surface area contributed by atoms with Crippen molar-refractivity contribution in [2.75, 3.05) is 13.1 Å². The van der Waals surface area contributed by atoms with Crippen molar-refractivity contribution >= 4 is 0 Å². The van der Waals surface area contributed by atoms with Crippen LogP contribution >= 0.6 is 0 Å². The van der Waals surface area contributed by atoms with Crippen molar-refractivity contribution in [2.24, 2.45) is 0 Å². The van der Waals surface area contributed by atoms with E-state index in [-0.39, 0.29) is 0 Å². The van der Waals surface area contributed by atoms with Crippen molar-refractivity contribution in [1.29, 1.82) is 0 Å². The van der Waals surface area contributed by atoms with Gasteiger partial charge in [0.15, 0.2) is 0 Å². The van der Waals surface area contributed by atoms with Gasteiger partial charge in [0.25, 0.3) is 0 Å². The smallest absolute Gasteiger partial charge is 0.00488 e. The summed E-state index contributed by atoms with van der Waals surface area (Å²) in [6.07, 6.45) is 18.5. The Hall–Kier alpha value is -0.300. The summed E-state index contributed by atoms with van der Waals surface area (Å²) in [7, 11) is 0. The average Bonchev–Trinajstić information content (AvgIpc) is 2.27. The Kier molecular flexibility index (Phi) is 8.70. The fourth-order valence-corrected chi connectivity index (χ4v) is 2.09. The largest absolute Gasteiger partial charge is 0.317 e. The first kappa shape index (κ1) is 12.8. The average molecular weight is 209 g/mol. The standard InChI is InChI=1S/C14H27N/c1-2-4-6-8-10-12-14-15-13-11-9-7-5-3-1/h3,5,15H,1-2,4,6-14H2/b5-3-. The summed E-state index contributed by atoms with van der Waals surface area (Å²) in [5.74, 6) is 0. The summed E-state index contributed by atoms with van der Waals surface area (Å²) in [5, 5.41) is 3.53. The molecule has 0 aromatic heterocycles. The molecule has 1 aliphatic heterocycles. The first-order chi connectivity index (χ1) is 7.50. The molecule has 1 rings (SSSR count). The number of allylic oxidation sites excluding steroid dienone is 2. The molecular formula is C14H27N. The van der Waals surface area contributed by atoms with Crippen LogP contribution in [0.5, 0.6) is 0 Å². The van der Waals surface area contributed by atoms with E-state index in [1.807, 2.05) is 0 Å². The Bertz CT molecular complexity index is 135. The van der Waals surface area contributed by atoms with Gasteiger partial charge in [0.1, 0.15) is 0 Å². The minimum absolute atomic E-state index is 1.22. The lowest BCUT2D eigenvalue weighted by molar-refractivity contribution is 0.558. The maximum Gasteiger partial charge on any atom is -0.00488 e. The molecule has 1 aliphatic rings. The second-order valence-electron chi connectivity index (χ2n) is 4.63. The molecule has 1 N–H and O–H groups in total. The van der Waals surface area contributed by atoms with E-state index in [0.29, 0.717) is 0 Å². The van der Waals surface area contributed by atoms with Crippen LogP contribution < -0.4 is 5.32 Å². The van der Waals surface area contributed by atoms with E-state index >= 15 is 0 Å². The molecule has 88 valence electrons. The number of nitrogens with one attached hydrogen (secondary N) is 1. The minimum atomic E-state index is 1.22. The predicted octanol–water partition coefficient (Wildman–Crippen LogP) is 4.05. The lowest BCUT2D eigenvalue weighted by Crippen LogP contribution is -2.16. The molecule has 0 fully saturated rings. The zero-order chi connectivity index (χ0) is 10.6. The van der Waals surface area contributed by atoms with Crippen LogP contribution in [0.15, 0.2) is 12.2 Å². The normalized spacial score (nSPS) is 25.1. The van der Waals surface area contributed by atoms with E-state index in [4.69, 9.17) is 0 Å². The van der Waals surface area contributed by atoms with Gasteiger partial charge in [0.2, 0.25) is 0 Å². The fourth-order valence-electron chi connectivity index (χ4n) is 2.09. The number of hydrogen-bond acceptors (Lipinski definition) is 1. The Morgan fingerprint density at radius 3 is 1.73 bits per heavy atom. The van der Waals surface area contributed by atoms with Gasteiger partial charge >= 0.3 is 0 Å². The quantitative estimate of drug-likeness (QED) is 0.594. The third-order valence-corrected chi connectivity index (χ3v) is 3.12. The topological polar surface area (TPSA) is 12.0 Å². The van der Waals surface area contributed by atoms with Gasteiger partial charge < -0.3 is 5.32 Å². The van der Waals surface area contributed by atoms with Crippen molar-refractivity contribution in [2.45, 2.75) is 64.2 Å². The molecule has 0 saturated heterocycles. The predicted molar refractivity (Wildman–Crippen MR) is 68.2 cm³/mol. The maximum atomic E-state index is 3.53. The van der Waals surface area contributed by atoms with Crippen molar-refractivity contribution in [1.82, 2.24) is 5.32 Å². The summed E-state index contributed by atoms with van der Waals surface area (Å²) in [4.78, 5) is 0. The van der Waals surface area contributed by atoms with E-state index in [2.05, 4.69) is 17.5 Å². The molecule has 0 aliphatic carbocycles. The van der Waals surface area contributed by atoms with Gasteiger partial charge in [-0.3, -0.25) is 0 Å². The van der Waals surface area contributed by atoms with E-state index in [9.17, 15) is 0 Å². The SMILES string of the molecule is C1=C\CCCCNCCCCCCCC/1. The van der Waals surface area contributed by atoms with Gasteiger partial charge in [-0.1, -0.05) is 37.8 Å². The third-order valence-electron chi connectivity index (χ3n) is 3.12. The molecule has 0 radical (unpaired) electrons. The molecule has 0 unspecified atom stereocenters. The van der Waals surface area contributed by atoms with Crippen molar-refractivity contribution in [3.05, 3.63) is 12.2 Å². The zero-order valence-electron chi connectivity index (χ0n) is 10.1. The van der Waals surface area contributed by atoms with Crippen molar-refractivity contribution in [3.63, 3.8) is 0 Å². The fraction of sp³-hybridized carbons (Fsp3) is 0.857. The Morgan fingerprint density at radius 1 is 0.533 bits per heavy atom. The Morgan fingerprint density at radius 2 is 1.00 bits per heavy atom. The highest BCUT2D eigenvalue weighted by Gasteiger charge is 1.93. The molecule has 0 saturated carbocycles. The lowest BCUT2D eigenvalue weighted by Gasteiger charge is -2.03. The number of hydrogen-bond donors (Lipinski definition) is 1. The second kappa shape index (κ2) is 10.2. The van der Waals surface area contributed by atoms with Crippen LogP contribution in [0.4, 0.5) is 0 Å². The highest BCUT2D eigenvalue weighted by atomic mass is 14.8. The Balaban J connectivity index is 2.08. The van der Waals surface area contributed by atoms with Crippen molar-refractivity contribution < 1.29 is 0 Å². The first-order valence-electron chi connectivity index (χ1n) is 6.86. The van der Waals surface area contributed by atoms with Crippen LogP contribution in [0.1, 0.15) is 64.2 Å². The summed E-state index contributed by atoms with van der Waals surface area (Å²) in [6, 6.07) is 0. The first-order valence-corrected chi connectivity index (χ1v) is 6.86. The molecule has 0 amide bonds. The molecule has 1 heterocycles. The summed E-state index contributed by atoms with van der Waals surface area (Å²) < 4.78 is 0. The zero-order valence-corrected chi connectivity index (χ0v) is 10.1. The maximum absolute atomic E-state index is 3.53. The highest BCUT2D eigenvalue weighted by molar-refractivity contribution is 4.81. The van der Waals surface area contributed by atoms with E-state index in [1.165, 1.54) is 77.3 Å². The monoisotopic (exact) mass is 209 g/mol. The molecule has 0 aromatic rings. The lowest BCUT2D eigenvalue weighted by atomic mass is 10.1.